The van der Waals surface area contributed by atoms with Crippen molar-refractivity contribution in [3.05, 3.63) is 214 Å². The summed E-state index contributed by atoms with van der Waals surface area (Å²) in [6.45, 7) is 40.9. The molecule has 14 rings (SSSR count). The number of phenols is 3. The van der Waals surface area contributed by atoms with E-state index in [4.69, 9.17) is 57.2 Å². The van der Waals surface area contributed by atoms with E-state index in [0.29, 0.717) is 190 Å². The van der Waals surface area contributed by atoms with Crippen LogP contribution in [0.5, 0.6) is 80.5 Å². The second kappa shape index (κ2) is 39.0. The highest BCUT2D eigenvalue weighted by molar-refractivity contribution is 6.05. The molecular formula is C97H114O24. The number of aldehydes is 1. The maximum absolute atomic E-state index is 12.2. The second-order valence-corrected chi connectivity index (χ2v) is 34.3. The van der Waals surface area contributed by atoms with Crippen molar-refractivity contribution in [2.45, 2.75) is 219 Å². The van der Waals surface area contributed by atoms with E-state index in [1.807, 2.05) is 103 Å². The van der Waals surface area contributed by atoms with Gasteiger partial charge in [0.1, 0.15) is 133 Å². The number of hydrogen-bond acceptors (Lipinski definition) is 24. The van der Waals surface area contributed by atoms with Crippen molar-refractivity contribution in [1.29, 1.82) is 0 Å². The number of carbonyl (C=O) groups excluding carboxylic acids is 8. The Morgan fingerprint density at radius 2 is 0.702 bits per heavy atom. The van der Waals surface area contributed by atoms with Crippen LogP contribution in [-0.4, -0.2) is 152 Å². The summed E-state index contributed by atoms with van der Waals surface area (Å²) < 4.78 is 61.9. The van der Waals surface area contributed by atoms with E-state index in [0.717, 1.165) is 17.6 Å². The van der Waals surface area contributed by atoms with E-state index in [9.17, 15) is 58.8 Å². The third kappa shape index (κ3) is 24.2. The van der Waals surface area contributed by atoms with Gasteiger partial charge in [0.15, 0.2) is 40.5 Å². The van der Waals surface area contributed by atoms with Crippen molar-refractivity contribution in [3.63, 3.8) is 0 Å². The van der Waals surface area contributed by atoms with Gasteiger partial charge in [-0.15, -0.1) is 19.7 Å². The van der Waals surface area contributed by atoms with Crippen LogP contribution in [0.25, 0.3) is 0 Å². The van der Waals surface area contributed by atoms with Gasteiger partial charge in [-0.2, -0.15) is 0 Å². The monoisotopic (exact) mass is 1660 g/mol. The summed E-state index contributed by atoms with van der Waals surface area (Å²) in [4.78, 5) is 94.6. The van der Waals surface area contributed by atoms with Gasteiger partial charge in [0.2, 0.25) is 0 Å². The summed E-state index contributed by atoms with van der Waals surface area (Å²) in [7, 11) is 4.67. The van der Waals surface area contributed by atoms with Crippen molar-refractivity contribution in [2.24, 2.45) is 0 Å². The molecule has 0 saturated heterocycles. The molecule has 7 heterocycles. The molecule has 646 valence electrons. The second-order valence-electron chi connectivity index (χ2n) is 34.3. The number of ether oxygens (including phenoxy) is 11. The van der Waals surface area contributed by atoms with Gasteiger partial charge >= 0.3 is 0 Å². The minimum atomic E-state index is -0.917. The Balaban J connectivity index is 0.000000176. The third-order valence-electron chi connectivity index (χ3n) is 19.9. The Kier molecular flexibility index (Phi) is 30.5. The normalized spacial score (nSPS) is 17.3. The average molecular weight is 1660 g/mol. The summed E-state index contributed by atoms with van der Waals surface area (Å²) in [6, 6.07) is 26.6. The summed E-state index contributed by atoms with van der Waals surface area (Å²) in [5.41, 5.74) is 3.94. The first kappa shape index (κ1) is 94.5. The number of methoxy groups -OCH3 is 3. The topological polar surface area (TPSA) is 339 Å². The lowest BCUT2D eigenvalue weighted by molar-refractivity contribution is -0.107. The highest BCUT2D eigenvalue weighted by atomic mass is 16.5. The minimum absolute atomic E-state index is 0.0126. The van der Waals surface area contributed by atoms with Gasteiger partial charge in [-0.3, -0.25) is 33.6 Å². The third-order valence-corrected chi connectivity index (χ3v) is 19.9. The molecule has 0 aromatic heterocycles. The number of carbonyl (C=O) groups is 8. The Morgan fingerprint density at radius 3 is 1.10 bits per heavy atom. The van der Waals surface area contributed by atoms with Crippen molar-refractivity contribution >= 4 is 46.8 Å². The Morgan fingerprint density at radius 1 is 0.372 bits per heavy atom. The molecule has 1 atom stereocenters. The zero-order valence-electron chi connectivity index (χ0n) is 72.4. The standard InChI is InChI=1S/C15H20O5.C15H18O3.C14H16O4.3C14H16O3.C11H12O3/c1-15(2)7-12(18)10-4-5-13(19-3)11(14(10)20-15)6-9(17)8-16;1-5-6-11-13(17-4)8-7-10-12(16)9-15(2,3)18-14(10)11;1-14(2)8-11(16)9-4-5-12(17-3)10(6-7-15)13(9)18-14;1-4-7-16-10-5-6-11-12(15)9-14(2,3)17-13(11)8-10;1-4-5-9-6-10-12(16)8-14(2,3)17-13(10)7-11(9)15;1-4-5-9-11(15)7-6-10-12(16)8-14(2,3)17-13(9)10;1-11(2)6-9(13)8-4-3-7(12)5-10(8)14-11/h4-5,9,16-17H,6-8H2,1-3H3;5,7-8H,1,6,9H2,2-4H3;4-5,7H,6,8H2,1-3H3;4-6,8H,1,7,9H2,2-3H3;2*4,6-7,15H,1,5,8H2,2-3H3;3-5,12H,6H2,1-2H3. The molecule has 7 aromatic rings. The smallest absolute Gasteiger partial charge is 0.170 e. The zero-order valence-corrected chi connectivity index (χ0v) is 72.4. The number of Topliss-reactive ketones (excluding diaryl/α,β-unsaturated/α-hetero) is 7. The largest absolute Gasteiger partial charge is 0.508 e. The van der Waals surface area contributed by atoms with Gasteiger partial charge in [0.25, 0.3) is 0 Å². The van der Waals surface area contributed by atoms with Gasteiger partial charge in [-0.25, -0.2) is 0 Å². The van der Waals surface area contributed by atoms with Gasteiger partial charge in [-0.05, 0) is 201 Å². The minimum Gasteiger partial charge on any atom is -0.508 e. The van der Waals surface area contributed by atoms with E-state index in [1.54, 1.807) is 98.1 Å². The van der Waals surface area contributed by atoms with Crippen LogP contribution in [0.3, 0.4) is 0 Å². The quantitative estimate of drug-likeness (QED) is 0.0418. The van der Waals surface area contributed by atoms with Crippen LogP contribution in [0.15, 0.2) is 148 Å². The number of hydrogen-bond donors (Lipinski definition) is 5. The Hall–Kier alpha value is -12.0. The number of rotatable bonds is 17. The van der Waals surface area contributed by atoms with Gasteiger partial charge in [-0.1, -0.05) is 30.9 Å². The zero-order chi connectivity index (χ0) is 89.7. The van der Waals surface area contributed by atoms with Crippen LogP contribution < -0.4 is 52.1 Å². The van der Waals surface area contributed by atoms with Crippen molar-refractivity contribution in [2.75, 3.05) is 34.5 Å². The van der Waals surface area contributed by atoms with Crippen LogP contribution in [0.4, 0.5) is 0 Å². The van der Waals surface area contributed by atoms with Gasteiger partial charge in [0.05, 0.1) is 118 Å². The van der Waals surface area contributed by atoms with Crippen LogP contribution in [0.1, 0.15) is 242 Å². The first-order chi connectivity index (χ1) is 56.7. The number of aliphatic hydroxyl groups excluding tert-OH is 2. The first-order valence-corrected chi connectivity index (χ1v) is 39.8. The summed E-state index contributed by atoms with van der Waals surface area (Å²) >= 11 is 0. The lowest BCUT2D eigenvalue weighted by Gasteiger charge is -2.33. The molecule has 24 nitrogen and oxygen atoms in total. The summed E-state index contributed by atoms with van der Waals surface area (Å²) in [6.07, 6.45) is 11.3. The maximum atomic E-state index is 12.2. The Bertz CT molecular complexity index is 5010. The summed E-state index contributed by atoms with van der Waals surface area (Å²) in [5, 5.41) is 47.6. The van der Waals surface area contributed by atoms with Gasteiger partial charge < -0.3 is 82.4 Å². The highest BCUT2D eigenvalue weighted by Gasteiger charge is 2.41. The van der Waals surface area contributed by atoms with Gasteiger partial charge in [0, 0.05) is 53.3 Å². The number of aromatic hydroxyl groups is 3. The summed E-state index contributed by atoms with van der Waals surface area (Å²) in [5.74, 6) is 7.08. The fourth-order valence-corrected chi connectivity index (χ4v) is 14.6. The molecule has 0 fully saturated rings. The van der Waals surface area contributed by atoms with Crippen LogP contribution in [0, 0.1) is 0 Å². The number of fused-ring (bicyclic) bond motifs is 7. The molecule has 121 heavy (non-hydrogen) atoms. The van der Waals surface area contributed by atoms with E-state index >= 15 is 0 Å². The van der Waals surface area contributed by atoms with Crippen molar-refractivity contribution in [3.8, 4) is 80.5 Å². The van der Waals surface area contributed by atoms with E-state index in [-0.39, 0.29) is 77.2 Å². The fraction of sp³-hybridized carbons (Fsp3) is 0.402. The van der Waals surface area contributed by atoms with Crippen molar-refractivity contribution < 1.29 is 116 Å². The predicted octanol–water partition coefficient (Wildman–Crippen LogP) is 17.5. The van der Waals surface area contributed by atoms with Crippen LogP contribution in [0.2, 0.25) is 0 Å². The van der Waals surface area contributed by atoms with E-state index < -0.39 is 45.3 Å². The first-order valence-electron chi connectivity index (χ1n) is 39.8. The molecule has 1 unspecified atom stereocenters. The number of ketones is 7. The Labute approximate surface area is 708 Å². The van der Waals surface area contributed by atoms with Crippen molar-refractivity contribution in [1.82, 2.24) is 0 Å². The molecule has 0 spiro atoms. The SMILES string of the molecule is C=CCOc1ccc2c(c1)OC(C)(C)CC2=O.C=CCc1c(O)ccc2c1OC(C)(C)CC2=O.C=CCc1c(OC)ccc2c1OC(C)(C)CC2=O.C=CCc1cc2c(cc1O)OC(C)(C)CC2=O.CC1(C)CC(=O)c2ccc(O)cc2O1.COc1ccc2c(c1CC(O)CO)OC(C)(C)CC2=O.COc1ccc2c(c1CC=O)OC(C)(C)CC2=O. The molecule has 24 heteroatoms. The molecule has 0 aliphatic carbocycles. The molecular weight excluding hydrogens is 1550 g/mol. The van der Waals surface area contributed by atoms with E-state index in [1.165, 1.54) is 38.5 Å². The molecule has 0 radical (unpaired) electrons. The number of phenolic OH excluding ortho intramolecular Hbond substituents is 3. The fourth-order valence-electron chi connectivity index (χ4n) is 14.6. The lowest BCUT2D eigenvalue weighted by Crippen LogP contribution is -2.36. The molecule has 0 saturated carbocycles. The maximum Gasteiger partial charge on any atom is 0.170 e. The van der Waals surface area contributed by atoms with Crippen LogP contribution >= 0.6 is 0 Å². The highest BCUT2D eigenvalue weighted by Crippen LogP contribution is 2.47. The number of aliphatic hydroxyl groups is 2. The molecule has 0 amide bonds. The lowest BCUT2D eigenvalue weighted by atomic mass is 9.90. The molecule has 7 aliphatic rings. The number of benzene rings is 7. The van der Waals surface area contributed by atoms with Crippen LogP contribution in [-0.2, 0) is 36.9 Å². The predicted molar refractivity (Wildman–Crippen MR) is 459 cm³/mol. The molecule has 5 N–H and O–H groups in total. The molecule has 7 aliphatic heterocycles. The average Bonchev–Trinajstić information content (AvgIpc) is 0.772. The number of allylic oxidation sites excluding steroid dienone is 3. The molecule has 0 bridgehead atoms. The van der Waals surface area contributed by atoms with E-state index in [2.05, 4.69) is 26.3 Å². The molecule has 7 aromatic carbocycles.